The van der Waals surface area contributed by atoms with E-state index in [9.17, 15) is 4.79 Å². The Morgan fingerprint density at radius 1 is 1.36 bits per heavy atom. The van der Waals surface area contributed by atoms with Crippen molar-refractivity contribution in [1.82, 2.24) is 10.2 Å². The van der Waals surface area contributed by atoms with Crippen LogP contribution in [-0.2, 0) is 11.3 Å². The molecule has 4 nitrogen and oxygen atoms in total. The first-order valence-electron chi connectivity index (χ1n) is 8.51. The quantitative estimate of drug-likeness (QED) is 0.850. The molecule has 0 spiro atoms. The first-order chi connectivity index (χ1) is 10.8. The number of piperidine rings is 1. The summed E-state index contributed by atoms with van der Waals surface area (Å²) in [5, 5.41) is 3.14. The molecule has 120 valence electrons. The van der Waals surface area contributed by atoms with Crippen LogP contribution in [-0.4, -0.2) is 30.4 Å². The number of allylic oxidation sites excluding steroid dienone is 1. The van der Waals surface area contributed by atoms with Crippen LogP contribution in [0.15, 0.2) is 34.5 Å². The van der Waals surface area contributed by atoms with Gasteiger partial charge in [0.15, 0.2) is 0 Å². The summed E-state index contributed by atoms with van der Waals surface area (Å²) in [7, 11) is 0. The topological polar surface area (TPSA) is 45.5 Å². The van der Waals surface area contributed by atoms with Gasteiger partial charge < -0.3 is 9.73 Å². The number of furan rings is 1. The second kappa shape index (κ2) is 7.63. The molecule has 1 N–H and O–H groups in total. The Balaban J connectivity index is 1.46. The number of hydrogen-bond donors (Lipinski definition) is 1. The van der Waals surface area contributed by atoms with Crippen molar-refractivity contribution in [2.45, 2.75) is 45.1 Å². The number of carbonyl (C=O) groups is 1. The van der Waals surface area contributed by atoms with Crippen LogP contribution >= 0.6 is 0 Å². The van der Waals surface area contributed by atoms with Gasteiger partial charge in [-0.1, -0.05) is 11.6 Å². The van der Waals surface area contributed by atoms with Gasteiger partial charge in [0.2, 0.25) is 5.91 Å². The summed E-state index contributed by atoms with van der Waals surface area (Å²) in [6.45, 7) is 3.44. The van der Waals surface area contributed by atoms with E-state index >= 15 is 0 Å². The average molecular weight is 302 g/mol. The third kappa shape index (κ3) is 4.23. The summed E-state index contributed by atoms with van der Waals surface area (Å²) in [5.74, 6) is 1.32. The van der Waals surface area contributed by atoms with Crippen LogP contribution in [0.3, 0.4) is 0 Å². The lowest BCUT2D eigenvalue weighted by atomic mass is 9.96. The standard InChI is InChI=1S/C18H26N2O2/c21-18(19-12-15-6-2-1-3-7-15)16-8-4-10-20(13-16)14-17-9-5-11-22-17/h5-6,9,11,16H,1-4,7-8,10,12-14H2,(H,19,21)/t16-/m0/s1. The summed E-state index contributed by atoms with van der Waals surface area (Å²) in [5.41, 5.74) is 1.41. The Bertz CT molecular complexity index is 507. The number of nitrogens with one attached hydrogen (secondary N) is 1. The monoisotopic (exact) mass is 302 g/mol. The van der Waals surface area contributed by atoms with E-state index in [1.165, 1.54) is 24.8 Å². The summed E-state index contributed by atoms with van der Waals surface area (Å²) in [6.07, 6.45) is 11.0. The molecule has 1 fully saturated rings. The van der Waals surface area contributed by atoms with Gasteiger partial charge >= 0.3 is 0 Å². The molecule has 0 saturated carbocycles. The predicted molar refractivity (Wildman–Crippen MR) is 86.3 cm³/mol. The highest BCUT2D eigenvalue weighted by Gasteiger charge is 2.26. The van der Waals surface area contributed by atoms with Gasteiger partial charge in [-0.15, -0.1) is 0 Å². The van der Waals surface area contributed by atoms with E-state index in [1.807, 2.05) is 12.1 Å². The maximum atomic E-state index is 12.4. The van der Waals surface area contributed by atoms with E-state index in [-0.39, 0.29) is 11.8 Å². The Hall–Kier alpha value is -1.55. The highest BCUT2D eigenvalue weighted by molar-refractivity contribution is 5.79. The van der Waals surface area contributed by atoms with Crippen molar-refractivity contribution in [3.05, 3.63) is 35.8 Å². The Morgan fingerprint density at radius 2 is 2.32 bits per heavy atom. The van der Waals surface area contributed by atoms with Gasteiger partial charge in [-0.2, -0.15) is 0 Å². The van der Waals surface area contributed by atoms with Crippen LogP contribution in [0.4, 0.5) is 0 Å². The van der Waals surface area contributed by atoms with E-state index in [0.717, 1.165) is 51.2 Å². The van der Waals surface area contributed by atoms with Crippen molar-refractivity contribution < 1.29 is 9.21 Å². The van der Waals surface area contributed by atoms with Crippen LogP contribution in [0, 0.1) is 5.92 Å². The zero-order valence-electron chi connectivity index (χ0n) is 13.2. The third-order valence-corrected chi connectivity index (χ3v) is 4.71. The van der Waals surface area contributed by atoms with Crippen molar-refractivity contribution in [3.8, 4) is 0 Å². The van der Waals surface area contributed by atoms with Crippen LogP contribution in [0.1, 0.15) is 44.3 Å². The molecule has 3 rings (SSSR count). The molecule has 2 heterocycles. The summed E-state index contributed by atoms with van der Waals surface area (Å²) in [6, 6.07) is 3.92. The van der Waals surface area contributed by atoms with Crippen molar-refractivity contribution in [2.24, 2.45) is 5.92 Å². The molecule has 1 aromatic heterocycles. The normalized spacial score (nSPS) is 23.1. The molecule has 1 aliphatic carbocycles. The van der Waals surface area contributed by atoms with Crippen LogP contribution in [0.25, 0.3) is 0 Å². The first-order valence-corrected chi connectivity index (χ1v) is 8.51. The minimum Gasteiger partial charge on any atom is -0.468 e. The predicted octanol–water partition coefficient (Wildman–Crippen LogP) is 3.11. The number of likely N-dealkylation sites (tertiary alicyclic amines) is 1. The van der Waals surface area contributed by atoms with Gasteiger partial charge in [0, 0.05) is 13.1 Å². The van der Waals surface area contributed by atoms with Gasteiger partial charge in [-0.05, 0) is 57.2 Å². The zero-order chi connectivity index (χ0) is 15.2. The first kappa shape index (κ1) is 15.3. The van der Waals surface area contributed by atoms with Crippen molar-refractivity contribution in [1.29, 1.82) is 0 Å². The van der Waals surface area contributed by atoms with E-state index in [4.69, 9.17) is 4.42 Å². The van der Waals surface area contributed by atoms with Gasteiger partial charge in [0.1, 0.15) is 5.76 Å². The molecule has 1 amide bonds. The van der Waals surface area contributed by atoms with Crippen LogP contribution in [0.2, 0.25) is 0 Å². The average Bonchev–Trinajstić information content (AvgIpc) is 3.07. The lowest BCUT2D eigenvalue weighted by Crippen LogP contribution is -2.43. The Labute approximate surface area is 132 Å². The van der Waals surface area contributed by atoms with E-state index < -0.39 is 0 Å². The maximum Gasteiger partial charge on any atom is 0.224 e. The highest BCUT2D eigenvalue weighted by Crippen LogP contribution is 2.20. The molecule has 2 aliphatic rings. The van der Waals surface area contributed by atoms with E-state index in [0.29, 0.717) is 0 Å². The molecular formula is C18H26N2O2. The van der Waals surface area contributed by atoms with E-state index in [2.05, 4.69) is 16.3 Å². The fourth-order valence-corrected chi connectivity index (χ4v) is 3.45. The minimum absolute atomic E-state index is 0.118. The molecule has 22 heavy (non-hydrogen) atoms. The third-order valence-electron chi connectivity index (χ3n) is 4.71. The number of nitrogens with zero attached hydrogens (tertiary/aromatic N) is 1. The molecule has 1 aromatic rings. The largest absolute Gasteiger partial charge is 0.468 e. The molecule has 4 heteroatoms. The summed E-state index contributed by atoms with van der Waals surface area (Å²) >= 11 is 0. The molecular weight excluding hydrogens is 276 g/mol. The maximum absolute atomic E-state index is 12.4. The van der Waals surface area contributed by atoms with Gasteiger partial charge in [-0.25, -0.2) is 0 Å². The molecule has 1 saturated heterocycles. The second-order valence-corrected chi connectivity index (χ2v) is 6.48. The van der Waals surface area contributed by atoms with Gasteiger partial charge in [-0.3, -0.25) is 9.69 Å². The summed E-state index contributed by atoms with van der Waals surface area (Å²) in [4.78, 5) is 14.7. The lowest BCUT2D eigenvalue weighted by Gasteiger charge is -2.31. The number of rotatable bonds is 5. The minimum atomic E-state index is 0.118. The lowest BCUT2D eigenvalue weighted by molar-refractivity contribution is -0.126. The number of carbonyl (C=O) groups excluding carboxylic acids is 1. The molecule has 0 aromatic carbocycles. The highest BCUT2D eigenvalue weighted by atomic mass is 16.3. The molecule has 1 aliphatic heterocycles. The van der Waals surface area contributed by atoms with Crippen molar-refractivity contribution in [2.75, 3.05) is 19.6 Å². The molecule has 0 bridgehead atoms. The van der Waals surface area contributed by atoms with Crippen molar-refractivity contribution >= 4 is 5.91 Å². The van der Waals surface area contributed by atoms with Crippen molar-refractivity contribution in [3.63, 3.8) is 0 Å². The Morgan fingerprint density at radius 3 is 3.09 bits per heavy atom. The fraction of sp³-hybridized carbons (Fsp3) is 0.611. The fourth-order valence-electron chi connectivity index (χ4n) is 3.45. The van der Waals surface area contributed by atoms with E-state index in [1.54, 1.807) is 6.26 Å². The van der Waals surface area contributed by atoms with Gasteiger partial charge in [0.25, 0.3) is 0 Å². The number of amides is 1. The van der Waals surface area contributed by atoms with Crippen LogP contribution in [0.5, 0.6) is 0 Å². The van der Waals surface area contributed by atoms with Gasteiger partial charge in [0.05, 0.1) is 18.7 Å². The summed E-state index contributed by atoms with van der Waals surface area (Å²) < 4.78 is 5.41. The molecule has 1 atom stereocenters. The number of hydrogen-bond acceptors (Lipinski definition) is 3. The molecule has 0 radical (unpaired) electrons. The SMILES string of the molecule is O=C(NCC1=CCCCC1)[C@H]1CCCN(Cc2ccco2)C1. The Kier molecular flexibility index (Phi) is 5.33. The second-order valence-electron chi connectivity index (χ2n) is 6.48. The smallest absolute Gasteiger partial charge is 0.224 e. The zero-order valence-corrected chi connectivity index (χ0v) is 13.2. The molecule has 0 unspecified atom stereocenters. The van der Waals surface area contributed by atoms with Crippen LogP contribution < -0.4 is 5.32 Å².